The first-order valence-corrected chi connectivity index (χ1v) is 6.80. The molecule has 0 saturated heterocycles. The van der Waals surface area contributed by atoms with Crippen molar-refractivity contribution in [2.45, 2.75) is 34.1 Å². The summed E-state index contributed by atoms with van der Waals surface area (Å²) in [6, 6.07) is 0. The lowest BCUT2D eigenvalue weighted by Gasteiger charge is -2.07. The first kappa shape index (κ1) is 14.9. The molecule has 2 aromatic heterocycles. The van der Waals surface area contributed by atoms with Crippen LogP contribution in [0, 0.1) is 24.0 Å². The number of aryl methyl sites for hydroxylation is 1. The summed E-state index contributed by atoms with van der Waals surface area (Å²) in [5, 5.41) is 18.5. The number of hydrogen-bond donors (Lipinski definition) is 1. The molecular weight excluding hydrogens is 272 g/mol. The largest absolute Gasteiger partial charge is 0.354 e. The molecule has 8 heteroatoms. The number of nitrogens with one attached hydrogen (secondary N) is 1. The third-order valence-electron chi connectivity index (χ3n) is 3.28. The van der Waals surface area contributed by atoms with Gasteiger partial charge in [0.2, 0.25) is 11.8 Å². The highest BCUT2D eigenvalue weighted by Crippen LogP contribution is 2.24. The lowest BCUT2D eigenvalue weighted by molar-refractivity contribution is -0.385. The Labute approximate surface area is 122 Å². The Morgan fingerprint density at radius 3 is 2.62 bits per heavy atom. The monoisotopic (exact) mass is 290 g/mol. The Hall–Kier alpha value is -2.51. The van der Waals surface area contributed by atoms with Crippen molar-refractivity contribution < 1.29 is 4.92 Å². The van der Waals surface area contributed by atoms with Crippen molar-refractivity contribution in [3.63, 3.8) is 0 Å². The second-order valence-electron chi connectivity index (χ2n) is 4.60. The number of nitrogens with zero attached hydrogens (tertiary/aromatic N) is 5. The van der Waals surface area contributed by atoms with E-state index in [0.29, 0.717) is 12.5 Å². The molecule has 0 bridgehead atoms. The van der Waals surface area contributed by atoms with Crippen LogP contribution < -0.4 is 5.32 Å². The van der Waals surface area contributed by atoms with Crippen molar-refractivity contribution in [1.82, 2.24) is 19.7 Å². The molecule has 0 aromatic carbocycles. The van der Waals surface area contributed by atoms with E-state index in [0.717, 1.165) is 23.4 Å². The van der Waals surface area contributed by atoms with Crippen LogP contribution in [0.3, 0.4) is 0 Å². The van der Waals surface area contributed by atoms with Crippen LogP contribution in [0.2, 0.25) is 0 Å². The van der Waals surface area contributed by atoms with Crippen molar-refractivity contribution in [2.24, 2.45) is 0 Å². The van der Waals surface area contributed by atoms with Crippen molar-refractivity contribution in [3.8, 4) is 5.82 Å². The molecule has 112 valence electrons. The molecule has 0 saturated carbocycles. The second-order valence-corrected chi connectivity index (χ2v) is 4.60. The van der Waals surface area contributed by atoms with Crippen LogP contribution in [0.4, 0.5) is 11.6 Å². The smallest absolute Gasteiger partial charge is 0.332 e. The van der Waals surface area contributed by atoms with Gasteiger partial charge in [0.1, 0.15) is 6.20 Å². The number of rotatable bonds is 5. The van der Waals surface area contributed by atoms with E-state index in [1.165, 1.54) is 10.9 Å². The standard InChI is InChI=1S/C13H18N6O2/c1-5-10-8(3)17-18(9(10)4)12-11(19(20)21)7-15-13(16-12)14-6-2/h7H,5-6H2,1-4H3,(H,14,15,16). The molecule has 0 fully saturated rings. The Morgan fingerprint density at radius 2 is 2.10 bits per heavy atom. The summed E-state index contributed by atoms with van der Waals surface area (Å²) >= 11 is 0. The molecule has 2 rings (SSSR count). The topological polar surface area (TPSA) is 98.8 Å². The van der Waals surface area contributed by atoms with Gasteiger partial charge in [-0.3, -0.25) is 10.1 Å². The van der Waals surface area contributed by atoms with E-state index in [2.05, 4.69) is 20.4 Å². The SMILES string of the molecule is CCNc1ncc([N+](=O)[O-])c(-n2nc(C)c(CC)c2C)n1. The van der Waals surface area contributed by atoms with Crippen molar-refractivity contribution in [1.29, 1.82) is 0 Å². The molecule has 0 radical (unpaired) electrons. The summed E-state index contributed by atoms with van der Waals surface area (Å²) in [5.41, 5.74) is 2.63. The molecule has 0 atom stereocenters. The van der Waals surface area contributed by atoms with Crippen LogP contribution in [0.25, 0.3) is 5.82 Å². The fraction of sp³-hybridized carbons (Fsp3) is 0.462. The van der Waals surface area contributed by atoms with Gasteiger partial charge in [0.05, 0.1) is 10.6 Å². The molecule has 8 nitrogen and oxygen atoms in total. The third kappa shape index (κ3) is 2.69. The van der Waals surface area contributed by atoms with Crippen LogP contribution in [-0.2, 0) is 6.42 Å². The Bertz CT molecular complexity index is 680. The van der Waals surface area contributed by atoms with E-state index in [1.807, 2.05) is 27.7 Å². The van der Waals surface area contributed by atoms with Crippen LogP contribution in [-0.4, -0.2) is 31.2 Å². The third-order valence-corrected chi connectivity index (χ3v) is 3.28. The molecular formula is C13H18N6O2. The zero-order valence-electron chi connectivity index (χ0n) is 12.5. The van der Waals surface area contributed by atoms with Gasteiger partial charge in [0.25, 0.3) is 0 Å². The first-order chi connectivity index (χ1) is 9.99. The average molecular weight is 290 g/mol. The predicted octanol–water partition coefficient (Wildman–Crippen LogP) is 2.18. The predicted molar refractivity (Wildman–Crippen MR) is 78.8 cm³/mol. The number of aromatic nitrogens is 4. The van der Waals surface area contributed by atoms with Gasteiger partial charge in [-0.05, 0) is 32.8 Å². The molecule has 0 aliphatic heterocycles. The maximum absolute atomic E-state index is 11.2. The summed E-state index contributed by atoms with van der Waals surface area (Å²) in [6.45, 7) is 8.34. The van der Waals surface area contributed by atoms with Crippen molar-refractivity contribution in [3.05, 3.63) is 33.3 Å². The fourth-order valence-electron chi connectivity index (χ4n) is 2.29. The minimum Gasteiger partial charge on any atom is -0.354 e. The summed E-state index contributed by atoms with van der Waals surface area (Å²) in [4.78, 5) is 18.9. The van der Waals surface area contributed by atoms with E-state index in [4.69, 9.17) is 0 Å². The van der Waals surface area contributed by atoms with E-state index < -0.39 is 4.92 Å². The quantitative estimate of drug-likeness (QED) is 0.669. The van der Waals surface area contributed by atoms with Crippen LogP contribution in [0.1, 0.15) is 30.8 Å². The molecule has 1 N–H and O–H groups in total. The Balaban J connectivity index is 2.65. The first-order valence-electron chi connectivity index (χ1n) is 6.80. The second kappa shape index (κ2) is 5.86. The van der Waals surface area contributed by atoms with Crippen LogP contribution >= 0.6 is 0 Å². The molecule has 2 heterocycles. The van der Waals surface area contributed by atoms with Crippen LogP contribution in [0.5, 0.6) is 0 Å². The molecule has 0 amide bonds. The number of hydrogen-bond acceptors (Lipinski definition) is 6. The van der Waals surface area contributed by atoms with E-state index in [9.17, 15) is 10.1 Å². The highest BCUT2D eigenvalue weighted by atomic mass is 16.6. The van der Waals surface area contributed by atoms with E-state index in [-0.39, 0.29) is 11.5 Å². The maximum Gasteiger partial charge on any atom is 0.332 e. The fourth-order valence-corrected chi connectivity index (χ4v) is 2.29. The minimum atomic E-state index is -0.493. The van der Waals surface area contributed by atoms with Crippen molar-refractivity contribution in [2.75, 3.05) is 11.9 Å². The normalized spacial score (nSPS) is 10.7. The van der Waals surface area contributed by atoms with Crippen molar-refractivity contribution >= 4 is 11.6 Å². The summed E-state index contributed by atoms with van der Waals surface area (Å²) in [5.74, 6) is 0.537. The summed E-state index contributed by atoms with van der Waals surface area (Å²) in [6.07, 6.45) is 2.03. The van der Waals surface area contributed by atoms with Gasteiger partial charge in [-0.15, -0.1) is 0 Å². The summed E-state index contributed by atoms with van der Waals surface area (Å²) in [7, 11) is 0. The zero-order chi connectivity index (χ0) is 15.6. The molecule has 0 spiro atoms. The van der Waals surface area contributed by atoms with E-state index in [1.54, 1.807) is 0 Å². The minimum absolute atomic E-state index is 0.162. The van der Waals surface area contributed by atoms with Crippen LogP contribution in [0.15, 0.2) is 6.20 Å². The molecule has 21 heavy (non-hydrogen) atoms. The lowest BCUT2D eigenvalue weighted by Crippen LogP contribution is -2.10. The summed E-state index contributed by atoms with van der Waals surface area (Å²) < 4.78 is 1.52. The average Bonchev–Trinajstić information content (AvgIpc) is 2.73. The number of anilines is 1. The highest BCUT2D eigenvalue weighted by molar-refractivity contribution is 5.50. The van der Waals surface area contributed by atoms with Gasteiger partial charge in [-0.2, -0.15) is 10.1 Å². The Kier molecular flexibility index (Phi) is 4.15. The lowest BCUT2D eigenvalue weighted by atomic mass is 10.1. The molecule has 0 aliphatic rings. The zero-order valence-corrected chi connectivity index (χ0v) is 12.5. The maximum atomic E-state index is 11.2. The van der Waals surface area contributed by atoms with Gasteiger partial charge in [-0.25, -0.2) is 9.67 Å². The van der Waals surface area contributed by atoms with Gasteiger partial charge in [-0.1, -0.05) is 6.92 Å². The highest BCUT2D eigenvalue weighted by Gasteiger charge is 2.23. The molecule has 2 aromatic rings. The van der Waals surface area contributed by atoms with E-state index >= 15 is 0 Å². The van der Waals surface area contributed by atoms with Gasteiger partial charge < -0.3 is 5.32 Å². The number of nitro groups is 1. The van der Waals surface area contributed by atoms with Gasteiger partial charge in [0, 0.05) is 12.2 Å². The molecule has 0 aliphatic carbocycles. The molecule has 0 unspecified atom stereocenters. The van der Waals surface area contributed by atoms with Gasteiger partial charge in [0.15, 0.2) is 0 Å². The Morgan fingerprint density at radius 1 is 1.38 bits per heavy atom. The van der Waals surface area contributed by atoms with Gasteiger partial charge >= 0.3 is 5.69 Å².